The number of rotatable bonds is 3. The lowest BCUT2D eigenvalue weighted by molar-refractivity contribution is -0.384. The van der Waals surface area contributed by atoms with E-state index in [1.807, 2.05) is 0 Å². The van der Waals surface area contributed by atoms with Crippen LogP contribution in [0.2, 0.25) is 0 Å². The van der Waals surface area contributed by atoms with Crippen LogP contribution in [0.4, 0.5) is 15.8 Å². The van der Waals surface area contributed by atoms with Crippen molar-refractivity contribution < 1.29 is 14.1 Å². The van der Waals surface area contributed by atoms with Crippen molar-refractivity contribution in [1.29, 1.82) is 0 Å². The maximum Gasteiger partial charge on any atom is 0.271 e. The van der Waals surface area contributed by atoms with Crippen LogP contribution in [0.15, 0.2) is 41.3 Å². The van der Waals surface area contributed by atoms with Crippen LogP contribution < -0.4 is 10.9 Å². The molecule has 7 nitrogen and oxygen atoms in total. The van der Waals surface area contributed by atoms with Crippen LogP contribution in [0.3, 0.4) is 0 Å². The van der Waals surface area contributed by atoms with Crippen molar-refractivity contribution in [2.75, 3.05) is 5.32 Å². The number of hydrogen-bond acceptors (Lipinski definition) is 4. The number of pyridine rings is 1. The van der Waals surface area contributed by atoms with E-state index in [2.05, 4.69) is 5.32 Å². The van der Waals surface area contributed by atoms with E-state index >= 15 is 0 Å². The quantitative estimate of drug-likeness (QED) is 0.687. The first-order valence-electron chi connectivity index (χ1n) is 5.80. The molecule has 0 radical (unpaired) electrons. The van der Waals surface area contributed by atoms with Crippen LogP contribution in [0, 0.1) is 15.9 Å². The van der Waals surface area contributed by atoms with Gasteiger partial charge >= 0.3 is 0 Å². The minimum atomic E-state index is -0.808. The number of nitro benzene ring substituents is 1. The molecule has 0 aliphatic heterocycles. The zero-order valence-corrected chi connectivity index (χ0v) is 10.9. The van der Waals surface area contributed by atoms with E-state index in [0.717, 1.165) is 24.3 Å². The van der Waals surface area contributed by atoms with Gasteiger partial charge in [0.05, 0.1) is 10.6 Å². The summed E-state index contributed by atoms with van der Waals surface area (Å²) in [6.45, 7) is 0. The molecule has 108 valence electrons. The van der Waals surface area contributed by atoms with Crippen LogP contribution in [-0.2, 0) is 7.05 Å². The Morgan fingerprint density at radius 1 is 1.33 bits per heavy atom. The number of nitrogens with zero attached hydrogens (tertiary/aromatic N) is 2. The van der Waals surface area contributed by atoms with Gasteiger partial charge in [-0.1, -0.05) is 0 Å². The third kappa shape index (κ3) is 3.11. The highest BCUT2D eigenvalue weighted by molar-refractivity contribution is 6.04. The summed E-state index contributed by atoms with van der Waals surface area (Å²) in [6, 6.07) is 5.26. The predicted molar refractivity (Wildman–Crippen MR) is 72.7 cm³/mol. The van der Waals surface area contributed by atoms with Crippen LogP contribution >= 0.6 is 0 Å². The average Bonchev–Trinajstić information content (AvgIpc) is 2.43. The summed E-state index contributed by atoms with van der Waals surface area (Å²) in [5, 5.41) is 12.8. The second-order valence-electron chi connectivity index (χ2n) is 4.24. The number of carbonyl (C=O) groups excluding carboxylic acids is 1. The molecule has 8 heteroatoms. The van der Waals surface area contributed by atoms with Gasteiger partial charge in [0.2, 0.25) is 0 Å². The van der Waals surface area contributed by atoms with Gasteiger partial charge in [0.25, 0.3) is 17.2 Å². The Bertz CT molecular complexity index is 785. The number of halogens is 1. The van der Waals surface area contributed by atoms with Gasteiger partial charge in [0, 0.05) is 37.0 Å². The number of hydrogen-bond donors (Lipinski definition) is 1. The lowest BCUT2D eigenvalue weighted by Gasteiger charge is -2.06. The fraction of sp³-hybridized carbons (Fsp3) is 0.0769. The van der Waals surface area contributed by atoms with Gasteiger partial charge in [0.15, 0.2) is 0 Å². The highest BCUT2D eigenvalue weighted by Gasteiger charge is 2.14. The molecule has 0 saturated carbocycles. The molecule has 1 heterocycles. The van der Waals surface area contributed by atoms with Crippen molar-refractivity contribution in [3.63, 3.8) is 0 Å². The predicted octanol–water partition coefficient (Wildman–Crippen LogP) is 1.68. The minimum absolute atomic E-state index is 0.0315. The summed E-state index contributed by atoms with van der Waals surface area (Å²) in [7, 11) is 1.52. The topological polar surface area (TPSA) is 94.2 Å². The fourth-order valence-corrected chi connectivity index (χ4v) is 1.61. The molecule has 1 aromatic carbocycles. The molecule has 0 fully saturated rings. The van der Waals surface area contributed by atoms with E-state index in [1.165, 1.54) is 23.9 Å². The molecule has 2 rings (SSSR count). The van der Waals surface area contributed by atoms with Gasteiger partial charge in [-0.25, -0.2) is 4.39 Å². The lowest BCUT2D eigenvalue weighted by atomic mass is 10.2. The Hall–Kier alpha value is -3.03. The zero-order chi connectivity index (χ0) is 15.6. The lowest BCUT2D eigenvalue weighted by Crippen LogP contribution is -2.20. The molecule has 0 spiro atoms. The third-order valence-corrected chi connectivity index (χ3v) is 2.78. The summed E-state index contributed by atoms with van der Waals surface area (Å²) in [4.78, 5) is 33.3. The molecule has 0 unspecified atom stereocenters. The summed E-state index contributed by atoms with van der Waals surface area (Å²) < 4.78 is 14.8. The van der Waals surface area contributed by atoms with Gasteiger partial charge in [-0.2, -0.15) is 0 Å². The van der Waals surface area contributed by atoms with E-state index in [9.17, 15) is 24.1 Å². The number of nitrogens with one attached hydrogen (secondary N) is 1. The number of anilines is 1. The number of nitro groups is 1. The monoisotopic (exact) mass is 291 g/mol. The van der Waals surface area contributed by atoms with E-state index < -0.39 is 22.2 Å². The Morgan fingerprint density at radius 3 is 2.67 bits per heavy atom. The zero-order valence-electron chi connectivity index (χ0n) is 10.9. The number of aryl methyl sites for hydroxylation is 1. The first-order valence-corrected chi connectivity index (χ1v) is 5.80. The van der Waals surface area contributed by atoms with Crippen molar-refractivity contribution in [2.24, 2.45) is 7.05 Å². The second kappa shape index (κ2) is 5.53. The molecule has 0 bridgehead atoms. The van der Waals surface area contributed by atoms with Crippen LogP contribution in [0.1, 0.15) is 10.4 Å². The maximum absolute atomic E-state index is 13.5. The molecule has 0 saturated heterocycles. The summed E-state index contributed by atoms with van der Waals surface area (Å²) in [5.41, 5.74) is -1.04. The SMILES string of the molecule is Cn1ccc(C(=O)Nc2cc([N+](=O)[O-])ccc2F)cc1=O. The Morgan fingerprint density at radius 2 is 2.05 bits per heavy atom. The molecule has 1 amide bonds. The van der Waals surface area contributed by atoms with Gasteiger partial charge in [-0.05, 0) is 12.1 Å². The first-order chi connectivity index (χ1) is 9.88. The van der Waals surface area contributed by atoms with Gasteiger partial charge < -0.3 is 9.88 Å². The average molecular weight is 291 g/mol. The Balaban J connectivity index is 2.30. The minimum Gasteiger partial charge on any atom is -0.319 e. The highest BCUT2D eigenvalue weighted by Crippen LogP contribution is 2.21. The number of amides is 1. The maximum atomic E-state index is 13.5. The van der Waals surface area contributed by atoms with Gasteiger partial charge in [-0.15, -0.1) is 0 Å². The van der Waals surface area contributed by atoms with Crippen LogP contribution in [0.25, 0.3) is 0 Å². The van der Waals surface area contributed by atoms with E-state index in [1.54, 1.807) is 0 Å². The van der Waals surface area contributed by atoms with Crippen molar-refractivity contribution in [2.45, 2.75) is 0 Å². The van der Waals surface area contributed by atoms with Crippen molar-refractivity contribution >= 4 is 17.3 Å². The molecule has 0 aliphatic carbocycles. The van der Waals surface area contributed by atoms with Crippen LogP contribution in [-0.4, -0.2) is 15.4 Å². The van der Waals surface area contributed by atoms with Crippen LogP contribution in [0.5, 0.6) is 0 Å². The van der Waals surface area contributed by atoms with E-state index in [-0.39, 0.29) is 16.9 Å². The molecule has 21 heavy (non-hydrogen) atoms. The highest BCUT2D eigenvalue weighted by atomic mass is 19.1. The molecule has 1 aromatic heterocycles. The molecular weight excluding hydrogens is 281 g/mol. The van der Waals surface area contributed by atoms with E-state index in [4.69, 9.17) is 0 Å². The van der Waals surface area contributed by atoms with Gasteiger partial charge in [-0.3, -0.25) is 19.7 Å². The first kappa shape index (κ1) is 14.4. The van der Waals surface area contributed by atoms with Crippen molar-refractivity contribution in [1.82, 2.24) is 4.57 Å². The summed E-state index contributed by atoms with van der Waals surface area (Å²) in [5.74, 6) is -1.54. The largest absolute Gasteiger partial charge is 0.319 e. The second-order valence-corrected chi connectivity index (χ2v) is 4.24. The number of aromatic nitrogens is 1. The number of non-ortho nitro benzene ring substituents is 1. The normalized spacial score (nSPS) is 10.2. The summed E-state index contributed by atoms with van der Waals surface area (Å²) >= 11 is 0. The van der Waals surface area contributed by atoms with Gasteiger partial charge in [0.1, 0.15) is 5.82 Å². The number of carbonyl (C=O) groups is 1. The van der Waals surface area contributed by atoms with E-state index in [0.29, 0.717) is 0 Å². The third-order valence-electron chi connectivity index (χ3n) is 2.78. The molecule has 0 aliphatic rings. The van der Waals surface area contributed by atoms with Crippen molar-refractivity contribution in [3.05, 3.63) is 68.4 Å². The Kier molecular flexibility index (Phi) is 3.79. The fourth-order valence-electron chi connectivity index (χ4n) is 1.61. The summed E-state index contributed by atoms with van der Waals surface area (Å²) in [6.07, 6.45) is 1.39. The smallest absolute Gasteiger partial charge is 0.271 e. The van der Waals surface area contributed by atoms with Crippen molar-refractivity contribution in [3.8, 4) is 0 Å². The molecular formula is C13H10FN3O4. The molecule has 2 aromatic rings. The molecule has 1 N–H and O–H groups in total. The number of benzene rings is 1. The molecule has 0 atom stereocenters. The Labute approximate surface area is 117 Å². The standard InChI is InChI=1S/C13H10FN3O4/c1-16-5-4-8(6-12(16)18)13(19)15-11-7-9(17(20)21)2-3-10(11)14/h2-7H,1H3,(H,15,19).